The fraction of sp³-hybridized carbons (Fsp3) is 0.188. The molecule has 2 heterocycles. The van der Waals surface area contributed by atoms with E-state index < -0.39 is 18.2 Å². The molecule has 2 aromatic heterocycles. The summed E-state index contributed by atoms with van der Waals surface area (Å²) in [7, 11) is 0. The number of fused-ring (bicyclic) bond motifs is 1. The van der Waals surface area contributed by atoms with Gasteiger partial charge in [-0.3, -0.25) is 19.1 Å². The quantitative estimate of drug-likeness (QED) is 0.218. The van der Waals surface area contributed by atoms with E-state index in [1.165, 1.54) is 22.8 Å². The van der Waals surface area contributed by atoms with E-state index in [1.54, 1.807) is 60.6 Å². The lowest BCUT2D eigenvalue weighted by Gasteiger charge is -2.31. The van der Waals surface area contributed by atoms with Gasteiger partial charge >= 0.3 is 6.36 Å². The van der Waals surface area contributed by atoms with Crippen molar-refractivity contribution in [3.8, 4) is 11.4 Å². The number of carbonyl (C=O) groups is 1. The van der Waals surface area contributed by atoms with E-state index in [9.17, 15) is 22.8 Å². The van der Waals surface area contributed by atoms with Crippen molar-refractivity contribution < 1.29 is 22.7 Å². The molecule has 1 amide bonds. The molecule has 1 atom stereocenters. The van der Waals surface area contributed by atoms with E-state index >= 15 is 0 Å². The zero-order valence-corrected chi connectivity index (χ0v) is 22.9. The summed E-state index contributed by atoms with van der Waals surface area (Å²) in [4.78, 5) is 38.3. The molecule has 0 aliphatic carbocycles. The van der Waals surface area contributed by atoms with Gasteiger partial charge < -0.3 is 9.64 Å². The number of para-hydroxylation sites is 1. The molecule has 0 N–H and O–H groups in total. The third kappa shape index (κ3) is 6.49. The number of aryl methyl sites for hydroxylation is 1. The van der Waals surface area contributed by atoms with Crippen LogP contribution in [0, 0.1) is 6.92 Å². The Balaban J connectivity index is 1.59. The van der Waals surface area contributed by atoms with Gasteiger partial charge in [-0.1, -0.05) is 48.0 Å². The maximum Gasteiger partial charge on any atom is 0.573 e. The molecule has 5 aromatic rings. The molecule has 42 heavy (non-hydrogen) atoms. The number of carbonyl (C=O) groups excluding carboxylic acids is 1. The lowest BCUT2D eigenvalue weighted by Crippen LogP contribution is -2.38. The average molecular weight is 573 g/mol. The molecule has 0 spiro atoms. The van der Waals surface area contributed by atoms with Crippen LogP contribution >= 0.6 is 0 Å². The molecule has 0 aliphatic heterocycles. The molecular formula is C32H27F3N4O3. The number of aromatic nitrogens is 3. The maximum atomic E-state index is 13.9. The highest BCUT2D eigenvalue weighted by atomic mass is 19.4. The van der Waals surface area contributed by atoms with Crippen LogP contribution < -0.4 is 10.3 Å². The van der Waals surface area contributed by atoms with Crippen molar-refractivity contribution in [2.24, 2.45) is 0 Å². The summed E-state index contributed by atoms with van der Waals surface area (Å²) < 4.78 is 44.0. The Kier molecular flexibility index (Phi) is 8.06. The third-order valence-corrected chi connectivity index (χ3v) is 6.82. The van der Waals surface area contributed by atoms with Gasteiger partial charge in [0.05, 0.1) is 29.1 Å². The number of alkyl halides is 3. The molecule has 1 unspecified atom stereocenters. The molecule has 0 aliphatic rings. The monoisotopic (exact) mass is 572 g/mol. The highest BCUT2D eigenvalue weighted by Crippen LogP contribution is 2.27. The lowest BCUT2D eigenvalue weighted by atomic mass is 10.1. The second-order valence-electron chi connectivity index (χ2n) is 9.89. The topological polar surface area (TPSA) is 77.3 Å². The minimum atomic E-state index is -4.86. The predicted molar refractivity (Wildman–Crippen MR) is 152 cm³/mol. The van der Waals surface area contributed by atoms with Crippen LogP contribution in [-0.2, 0) is 17.8 Å². The minimum Gasteiger partial charge on any atom is -0.406 e. The van der Waals surface area contributed by atoms with Crippen molar-refractivity contribution in [2.45, 2.75) is 39.2 Å². The van der Waals surface area contributed by atoms with Gasteiger partial charge in [-0.15, -0.1) is 13.2 Å². The Morgan fingerprint density at radius 3 is 2.43 bits per heavy atom. The standard InChI is InChI=1S/C32H27F3N4O3/c1-21-12-14-25(15-13-21)39-30(37-28-11-4-3-10-27(28)31(39)41)22(2)38(20-24-8-6-16-36-19-24)29(40)18-23-7-5-9-26(17-23)42-32(33,34)35/h3-17,19,22H,18,20H2,1-2H3. The number of benzene rings is 3. The molecule has 0 radical (unpaired) electrons. The first-order valence-electron chi connectivity index (χ1n) is 13.2. The minimum absolute atomic E-state index is 0.128. The van der Waals surface area contributed by atoms with E-state index in [0.29, 0.717) is 28.0 Å². The molecule has 0 saturated carbocycles. The number of rotatable bonds is 8. The van der Waals surface area contributed by atoms with Crippen molar-refractivity contribution in [1.82, 2.24) is 19.4 Å². The van der Waals surface area contributed by atoms with E-state index in [2.05, 4.69) is 9.72 Å². The van der Waals surface area contributed by atoms with Crippen LogP contribution in [-0.4, -0.2) is 31.7 Å². The number of nitrogens with zero attached hydrogens (tertiary/aromatic N) is 4. The van der Waals surface area contributed by atoms with Crippen LogP contribution in [0.3, 0.4) is 0 Å². The number of ether oxygens (including phenoxy) is 1. The van der Waals surface area contributed by atoms with Crippen LogP contribution in [0.1, 0.15) is 35.5 Å². The number of pyridine rings is 1. The van der Waals surface area contributed by atoms with E-state index in [1.807, 2.05) is 37.3 Å². The summed E-state index contributed by atoms with van der Waals surface area (Å²) in [5.41, 5.74) is 2.89. The van der Waals surface area contributed by atoms with Crippen LogP contribution in [0.15, 0.2) is 102 Å². The van der Waals surface area contributed by atoms with Crippen molar-refractivity contribution in [3.05, 3.63) is 130 Å². The molecule has 0 fully saturated rings. The van der Waals surface area contributed by atoms with Gasteiger partial charge in [-0.2, -0.15) is 0 Å². The Morgan fingerprint density at radius 2 is 1.71 bits per heavy atom. The summed E-state index contributed by atoms with van der Waals surface area (Å²) in [6.07, 6.45) is -1.82. The maximum absolute atomic E-state index is 13.9. The fourth-order valence-electron chi connectivity index (χ4n) is 4.77. The van der Waals surface area contributed by atoms with Crippen LogP contribution in [0.25, 0.3) is 16.6 Å². The summed E-state index contributed by atoms with van der Waals surface area (Å²) in [6.45, 7) is 3.85. The normalized spacial score (nSPS) is 12.2. The highest BCUT2D eigenvalue weighted by molar-refractivity contribution is 5.80. The van der Waals surface area contributed by atoms with E-state index in [-0.39, 0.29) is 24.4 Å². The SMILES string of the molecule is Cc1ccc(-n2c(C(C)N(Cc3cccnc3)C(=O)Cc3cccc(OC(F)(F)F)c3)nc3ccccc3c2=O)cc1. The Bertz CT molecular complexity index is 1770. The first-order chi connectivity index (χ1) is 20.1. The zero-order chi connectivity index (χ0) is 29.9. The predicted octanol–water partition coefficient (Wildman–Crippen LogP) is 6.32. The number of hydrogen-bond acceptors (Lipinski definition) is 5. The van der Waals surface area contributed by atoms with Gasteiger partial charge in [0.1, 0.15) is 11.6 Å². The second kappa shape index (κ2) is 11.9. The molecule has 3 aromatic carbocycles. The summed E-state index contributed by atoms with van der Waals surface area (Å²) in [5.74, 6) is -0.452. The molecule has 0 saturated heterocycles. The summed E-state index contributed by atoms with van der Waals surface area (Å²) in [5, 5.41) is 0.431. The number of hydrogen-bond donors (Lipinski definition) is 0. The van der Waals surface area contributed by atoms with Crippen molar-refractivity contribution in [2.75, 3.05) is 0 Å². The van der Waals surface area contributed by atoms with Gasteiger partial charge in [-0.05, 0) is 67.4 Å². The fourth-order valence-corrected chi connectivity index (χ4v) is 4.77. The molecule has 5 rings (SSSR count). The first-order valence-corrected chi connectivity index (χ1v) is 13.2. The van der Waals surface area contributed by atoms with E-state index in [0.717, 1.165) is 11.1 Å². The highest BCUT2D eigenvalue weighted by Gasteiger charge is 2.31. The first kappa shape index (κ1) is 28.5. The van der Waals surface area contributed by atoms with Gasteiger partial charge in [0.25, 0.3) is 5.56 Å². The van der Waals surface area contributed by atoms with Gasteiger partial charge in [0.15, 0.2) is 0 Å². The number of halogens is 3. The van der Waals surface area contributed by atoms with Crippen molar-refractivity contribution in [1.29, 1.82) is 0 Å². The lowest BCUT2D eigenvalue weighted by molar-refractivity contribution is -0.274. The van der Waals surface area contributed by atoms with Gasteiger partial charge in [0.2, 0.25) is 5.91 Å². The van der Waals surface area contributed by atoms with Crippen LogP contribution in [0.4, 0.5) is 13.2 Å². The summed E-state index contributed by atoms with van der Waals surface area (Å²) >= 11 is 0. The average Bonchev–Trinajstić information content (AvgIpc) is 2.96. The van der Waals surface area contributed by atoms with Gasteiger partial charge in [0, 0.05) is 18.9 Å². The molecule has 7 nitrogen and oxygen atoms in total. The van der Waals surface area contributed by atoms with Crippen molar-refractivity contribution in [3.63, 3.8) is 0 Å². The number of amides is 1. The van der Waals surface area contributed by atoms with Crippen molar-refractivity contribution >= 4 is 16.8 Å². The van der Waals surface area contributed by atoms with E-state index in [4.69, 9.17) is 4.98 Å². The van der Waals surface area contributed by atoms with Crippen LogP contribution in [0.2, 0.25) is 0 Å². The zero-order valence-electron chi connectivity index (χ0n) is 22.9. The summed E-state index contributed by atoms with van der Waals surface area (Å²) in [6, 6.07) is 22.6. The molecule has 10 heteroatoms. The third-order valence-electron chi connectivity index (χ3n) is 6.82. The molecule has 0 bridgehead atoms. The molecule has 214 valence electrons. The second-order valence-corrected chi connectivity index (χ2v) is 9.89. The smallest absolute Gasteiger partial charge is 0.406 e. The Labute approximate surface area is 239 Å². The van der Waals surface area contributed by atoms with Crippen LogP contribution in [0.5, 0.6) is 5.75 Å². The largest absolute Gasteiger partial charge is 0.573 e. The molecular weight excluding hydrogens is 545 g/mol. The Hall–Kier alpha value is -4.99. The van der Waals surface area contributed by atoms with Gasteiger partial charge in [-0.25, -0.2) is 4.98 Å². The Morgan fingerprint density at radius 1 is 0.976 bits per heavy atom.